The summed E-state index contributed by atoms with van der Waals surface area (Å²) in [6, 6.07) is 26.9. The van der Waals surface area contributed by atoms with Crippen LogP contribution in [0, 0.1) is 0 Å². The Kier molecular flexibility index (Phi) is 7.59. The summed E-state index contributed by atoms with van der Waals surface area (Å²) in [4.78, 5) is 13.1. The SMILES string of the molecule is CCC(CNC(=O)Nc1cccc(CS(=O)c2ccccc2)c1)c1ccccc1. The first-order valence-corrected chi connectivity index (χ1v) is 11.1. The molecule has 0 radical (unpaired) electrons. The molecule has 150 valence electrons. The third-order valence-electron chi connectivity index (χ3n) is 4.76. The number of hydrogen-bond donors (Lipinski definition) is 2. The normalized spacial score (nSPS) is 12.7. The lowest BCUT2D eigenvalue weighted by Crippen LogP contribution is -2.32. The van der Waals surface area contributed by atoms with E-state index in [1.165, 1.54) is 5.56 Å². The minimum atomic E-state index is -1.12. The summed E-state index contributed by atoms with van der Waals surface area (Å²) in [5, 5.41) is 5.83. The maximum atomic E-state index is 12.5. The van der Waals surface area contributed by atoms with Gasteiger partial charge in [0.1, 0.15) is 0 Å². The van der Waals surface area contributed by atoms with Crippen molar-refractivity contribution in [3.8, 4) is 0 Å². The molecule has 3 rings (SSSR count). The maximum Gasteiger partial charge on any atom is 0.319 e. The number of nitrogens with one attached hydrogen (secondary N) is 2. The van der Waals surface area contributed by atoms with Gasteiger partial charge in [-0.05, 0) is 41.8 Å². The zero-order valence-electron chi connectivity index (χ0n) is 16.5. The number of urea groups is 1. The van der Waals surface area contributed by atoms with Crippen molar-refractivity contribution >= 4 is 22.5 Å². The number of amides is 2. The van der Waals surface area contributed by atoms with Gasteiger partial charge in [-0.25, -0.2) is 4.79 Å². The average Bonchev–Trinajstić information content (AvgIpc) is 2.76. The van der Waals surface area contributed by atoms with Crippen LogP contribution < -0.4 is 10.6 Å². The molecular weight excluding hydrogens is 380 g/mol. The predicted octanol–water partition coefficient (Wildman–Crippen LogP) is 5.31. The molecule has 0 aromatic heterocycles. The minimum absolute atomic E-state index is 0.235. The first kappa shape index (κ1) is 20.8. The average molecular weight is 407 g/mol. The lowest BCUT2D eigenvalue weighted by Gasteiger charge is -2.16. The van der Waals surface area contributed by atoms with Crippen LogP contribution in [0.4, 0.5) is 10.5 Å². The van der Waals surface area contributed by atoms with Gasteiger partial charge in [0.15, 0.2) is 0 Å². The lowest BCUT2D eigenvalue weighted by molar-refractivity contribution is 0.251. The quantitative estimate of drug-likeness (QED) is 0.533. The van der Waals surface area contributed by atoms with Crippen molar-refractivity contribution in [1.29, 1.82) is 0 Å². The molecule has 0 aliphatic heterocycles. The highest BCUT2D eigenvalue weighted by Gasteiger charge is 2.11. The van der Waals surface area contributed by atoms with E-state index in [0.717, 1.165) is 16.9 Å². The zero-order chi connectivity index (χ0) is 20.5. The monoisotopic (exact) mass is 406 g/mol. The second kappa shape index (κ2) is 10.6. The summed E-state index contributed by atoms with van der Waals surface area (Å²) in [6.45, 7) is 2.69. The van der Waals surface area contributed by atoms with E-state index in [1.54, 1.807) is 0 Å². The molecule has 29 heavy (non-hydrogen) atoms. The topological polar surface area (TPSA) is 58.2 Å². The summed E-state index contributed by atoms with van der Waals surface area (Å²) >= 11 is 0. The molecule has 3 aromatic rings. The van der Waals surface area contributed by atoms with Crippen LogP contribution in [0.3, 0.4) is 0 Å². The van der Waals surface area contributed by atoms with E-state index in [2.05, 4.69) is 29.7 Å². The summed E-state index contributed by atoms with van der Waals surface area (Å²) in [6.07, 6.45) is 0.949. The van der Waals surface area contributed by atoms with Gasteiger partial charge in [-0.15, -0.1) is 0 Å². The van der Waals surface area contributed by atoms with E-state index in [0.29, 0.717) is 18.0 Å². The standard InChI is InChI=1S/C24H26N2O2S/c1-2-20(21-11-5-3-6-12-21)17-25-24(27)26-22-13-9-10-19(16-22)18-29(28)23-14-7-4-8-15-23/h3-16,20H,2,17-18H2,1H3,(H2,25,26,27). The van der Waals surface area contributed by atoms with Crippen molar-refractivity contribution < 1.29 is 9.00 Å². The van der Waals surface area contributed by atoms with Crippen molar-refractivity contribution in [3.63, 3.8) is 0 Å². The van der Waals surface area contributed by atoms with Crippen LogP contribution >= 0.6 is 0 Å². The van der Waals surface area contributed by atoms with Crippen LogP contribution in [-0.2, 0) is 16.6 Å². The Hall–Kier alpha value is -2.92. The molecule has 0 saturated heterocycles. The number of carbonyl (C=O) groups excluding carboxylic acids is 1. The Morgan fingerprint density at radius 1 is 0.931 bits per heavy atom. The largest absolute Gasteiger partial charge is 0.337 e. The van der Waals surface area contributed by atoms with Gasteiger partial charge in [-0.1, -0.05) is 67.6 Å². The summed E-state index contributed by atoms with van der Waals surface area (Å²) < 4.78 is 12.5. The zero-order valence-corrected chi connectivity index (χ0v) is 17.3. The van der Waals surface area contributed by atoms with E-state index >= 15 is 0 Å². The molecule has 2 amide bonds. The molecule has 0 spiro atoms. The molecule has 2 unspecified atom stereocenters. The Morgan fingerprint density at radius 3 is 2.31 bits per heavy atom. The van der Waals surface area contributed by atoms with Crippen LogP contribution in [0.5, 0.6) is 0 Å². The van der Waals surface area contributed by atoms with Crippen molar-refractivity contribution in [2.45, 2.75) is 29.9 Å². The molecule has 4 nitrogen and oxygen atoms in total. The van der Waals surface area contributed by atoms with Gasteiger partial charge < -0.3 is 10.6 Å². The van der Waals surface area contributed by atoms with Crippen LogP contribution in [-0.4, -0.2) is 16.8 Å². The lowest BCUT2D eigenvalue weighted by atomic mass is 9.97. The Morgan fingerprint density at radius 2 is 1.62 bits per heavy atom. The van der Waals surface area contributed by atoms with Gasteiger partial charge in [-0.2, -0.15) is 0 Å². The Balaban J connectivity index is 1.55. The predicted molar refractivity (Wildman–Crippen MR) is 119 cm³/mol. The van der Waals surface area contributed by atoms with E-state index < -0.39 is 10.8 Å². The highest BCUT2D eigenvalue weighted by molar-refractivity contribution is 7.84. The smallest absolute Gasteiger partial charge is 0.319 e. The minimum Gasteiger partial charge on any atom is -0.337 e. The molecule has 0 aliphatic rings. The van der Waals surface area contributed by atoms with Crippen molar-refractivity contribution in [2.75, 3.05) is 11.9 Å². The fourth-order valence-electron chi connectivity index (χ4n) is 3.16. The van der Waals surface area contributed by atoms with Gasteiger partial charge in [0, 0.05) is 23.0 Å². The molecule has 0 fully saturated rings. The second-order valence-corrected chi connectivity index (χ2v) is 8.31. The van der Waals surface area contributed by atoms with Crippen LogP contribution in [0.1, 0.15) is 30.4 Å². The van der Waals surface area contributed by atoms with E-state index in [1.807, 2.05) is 72.8 Å². The molecule has 0 heterocycles. The summed E-state index contributed by atoms with van der Waals surface area (Å²) in [7, 11) is -1.12. The van der Waals surface area contributed by atoms with Gasteiger partial charge in [0.05, 0.1) is 16.6 Å². The van der Waals surface area contributed by atoms with E-state index in [9.17, 15) is 9.00 Å². The Labute approximate surface area is 174 Å². The molecule has 3 aromatic carbocycles. The number of carbonyl (C=O) groups is 1. The maximum absolute atomic E-state index is 12.5. The third-order valence-corrected chi connectivity index (χ3v) is 6.15. The molecule has 2 N–H and O–H groups in total. The van der Waals surface area contributed by atoms with Crippen LogP contribution in [0.15, 0.2) is 89.8 Å². The first-order valence-electron chi connectivity index (χ1n) is 9.78. The molecule has 0 bridgehead atoms. The Bertz CT molecular complexity index is 945. The van der Waals surface area contributed by atoms with E-state index in [4.69, 9.17) is 0 Å². The number of hydrogen-bond acceptors (Lipinski definition) is 2. The fraction of sp³-hybridized carbons (Fsp3) is 0.208. The molecule has 0 aliphatic carbocycles. The third kappa shape index (κ3) is 6.29. The highest BCUT2D eigenvalue weighted by Crippen LogP contribution is 2.19. The van der Waals surface area contributed by atoms with Crippen molar-refractivity contribution in [1.82, 2.24) is 5.32 Å². The molecule has 2 atom stereocenters. The summed E-state index contributed by atoms with van der Waals surface area (Å²) in [5.74, 6) is 0.689. The summed E-state index contributed by atoms with van der Waals surface area (Å²) in [5.41, 5.74) is 2.83. The molecule has 5 heteroatoms. The number of benzene rings is 3. The van der Waals surface area contributed by atoms with E-state index in [-0.39, 0.29) is 11.9 Å². The van der Waals surface area contributed by atoms with Gasteiger partial charge in [-0.3, -0.25) is 4.21 Å². The molecular formula is C24H26N2O2S. The second-order valence-electron chi connectivity index (χ2n) is 6.85. The van der Waals surface area contributed by atoms with Crippen LogP contribution in [0.25, 0.3) is 0 Å². The van der Waals surface area contributed by atoms with Crippen LogP contribution in [0.2, 0.25) is 0 Å². The van der Waals surface area contributed by atoms with Crippen molar-refractivity contribution in [3.05, 3.63) is 96.1 Å². The fourth-order valence-corrected chi connectivity index (χ4v) is 4.27. The van der Waals surface area contributed by atoms with Crippen molar-refractivity contribution in [2.24, 2.45) is 0 Å². The highest BCUT2D eigenvalue weighted by atomic mass is 32.2. The number of anilines is 1. The van der Waals surface area contributed by atoms with Gasteiger partial charge in [0.25, 0.3) is 0 Å². The van der Waals surface area contributed by atoms with Gasteiger partial charge >= 0.3 is 6.03 Å². The molecule has 0 saturated carbocycles. The van der Waals surface area contributed by atoms with Gasteiger partial charge in [0.2, 0.25) is 0 Å². The first-order chi connectivity index (χ1) is 14.2. The number of rotatable bonds is 8.